The second-order valence-corrected chi connectivity index (χ2v) is 7.37. The molecule has 0 bridgehead atoms. The van der Waals surface area contributed by atoms with Gasteiger partial charge in [0.05, 0.1) is 35.0 Å². The van der Waals surface area contributed by atoms with Crippen molar-refractivity contribution in [2.24, 2.45) is 38.6 Å². The first kappa shape index (κ1) is 22.9. The fourth-order valence-corrected chi connectivity index (χ4v) is 4.09. The first-order chi connectivity index (χ1) is 14.8. The van der Waals surface area contributed by atoms with Crippen LogP contribution in [0.3, 0.4) is 0 Å². The molecule has 0 aromatic rings. The van der Waals surface area contributed by atoms with E-state index in [1.165, 1.54) is 0 Å². The van der Waals surface area contributed by atoms with Gasteiger partial charge in [0.1, 0.15) is 24.3 Å². The highest BCUT2D eigenvalue weighted by molar-refractivity contribution is 6.52. The van der Waals surface area contributed by atoms with E-state index in [4.69, 9.17) is 10.7 Å². The Hall–Kier alpha value is -4.39. The van der Waals surface area contributed by atoms with Crippen molar-refractivity contribution in [3.63, 3.8) is 0 Å². The molecule has 2 rings (SSSR count). The van der Waals surface area contributed by atoms with Gasteiger partial charge in [-0.3, -0.25) is 10.4 Å². The Labute approximate surface area is 180 Å². The minimum absolute atomic E-state index is 0.0787. The highest BCUT2D eigenvalue weighted by Crippen LogP contribution is 2.49. The summed E-state index contributed by atoms with van der Waals surface area (Å²) in [5.74, 6) is -1.89. The average Bonchev–Trinajstić information content (AvgIpc) is 2.76. The first-order valence-electron chi connectivity index (χ1n) is 9.50. The molecular weight excluding hydrogens is 390 g/mol. The molecular formula is C22H19N9. The van der Waals surface area contributed by atoms with Crippen LogP contribution in [0.4, 0.5) is 0 Å². The molecule has 0 amide bonds. The van der Waals surface area contributed by atoms with E-state index >= 15 is 0 Å². The maximum atomic E-state index is 10.0. The number of dihydropyridines is 1. The van der Waals surface area contributed by atoms with E-state index < -0.39 is 35.2 Å². The monoisotopic (exact) mass is 409 g/mol. The number of allylic oxidation sites excluding steroid dienone is 2. The van der Waals surface area contributed by atoms with Gasteiger partial charge >= 0.3 is 0 Å². The van der Waals surface area contributed by atoms with Crippen LogP contribution in [0.15, 0.2) is 37.5 Å². The van der Waals surface area contributed by atoms with Crippen molar-refractivity contribution in [1.29, 1.82) is 31.7 Å². The normalized spacial score (nSPS) is 25.7. The Morgan fingerprint density at radius 1 is 1.13 bits per heavy atom. The lowest BCUT2D eigenvalue weighted by atomic mass is 9.65. The molecule has 0 radical (unpaired) electrons. The molecule has 9 nitrogen and oxygen atoms in total. The van der Waals surface area contributed by atoms with Gasteiger partial charge < -0.3 is 0 Å². The molecule has 0 aromatic carbocycles. The molecule has 152 valence electrons. The summed E-state index contributed by atoms with van der Waals surface area (Å²) in [6, 6.07) is 9.05. The number of aliphatic imine (C=N–C) groups is 3. The number of fused-ring (bicyclic) bond motifs is 1. The van der Waals surface area contributed by atoms with Crippen molar-refractivity contribution in [2.75, 3.05) is 0 Å². The Kier molecular flexibility index (Phi) is 6.95. The predicted molar refractivity (Wildman–Crippen MR) is 114 cm³/mol. The molecule has 0 spiro atoms. The maximum absolute atomic E-state index is 10.0. The average molecular weight is 409 g/mol. The molecule has 0 aromatic heterocycles. The third-order valence-corrected chi connectivity index (χ3v) is 5.39. The van der Waals surface area contributed by atoms with Crippen LogP contribution >= 0.6 is 0 Å². The van der Waals surface area contributed by atoms with Crippen molar-refractivity contribution < 1.29 is 0 Å². The van der Waals surface area contributed by atoms with Gasteiger partial charge in [0, 0.05) is 11.8 Å². The standard InChI is InChI=1S/C22H19N9/c1-5-29-20-14(7-24)18(11(2)3)21(31-17(10-27)15(28)8-25)22-19(20)12(4)13(6-23)16(9-26)30-22/h5,11,14,18-20,28H,1-4H3. The first-order valence-corrected chi connectivity index (χ1v) is 9.50. The Morgan fingerprint density at radius 2 is 1.81 bits per heavy atom. The van der Waals surface area contributed by atoms with Crippen LogP contribution in [0.25, 0.3) is 0 Å². The summed E-state index contributed by atoms with van der Waals surface area (Å²) in [5.41, 5.74) is 0.198. The van der Waals surface area contributed by atoms with Gasteiger partial charge in [0.25, 0.3) is 0 Å². The van der Waals surface area contributed by atoms with Crippen molar-refractivity contribution >= 4 is 23.3 Å². The molecule has 1 heterocycles. The van der Waals surface area contributed by atoms with Crippen LogP contribution in [0, 0.1) is 85.7 Å². The highest BCUT2D eigenvalue weighted by Gasteiger charge is 2.49. The van der Waals surface area contributed by atoms with Crippen LogP contribution in [0.1, 0.15) is 27.7 Å². The summed E-state index contributed by atoms with van der Waals surface area (Å²) in [7, 11) is 0. The largest absolute Gasteiger partial charge is 0.292 e. The Balaban J connectivity index is 3.04. The zero-order valence-corrected chi connectivity index (χ0v) is 17.5. The minimum atomic E-state index is -0.659. The highest BCUT2D eigenvalue weighted by atomic mass is 14.9. The maximum Gasteiger partial charge on any atom is 0.176 e. The van der Waals surface area contributed by atoms with Gasteiger partial charge in [-0.15, -0.1) is 0 Å². The molecule has 1 aliphatic carbocycles. The van der Waals surface area contributed by atoms with E-state index in [1.54, 1.807) is 32.2 Å². The number of nitrogens with one attached hydrogen (secondary N) is 1. The molecule has 4 unspecified atom stereocenters. The number of nitrogens with zero attached hydrogens (tertiary/aromatic N) is 8. The second kappa shape index (κ2) is 9.41. The lowest BCUT2D eigenvalue weighted by Gasteiger charge is -2.42. The molecule has 9 heteroatoms. The zero-order valence-electron chi connectivity index (χ0n) is 17.5. The molecule has 2 aliphatic rings. The van der Waals surface area contributed by atoms with E-state index in [-0.39, 0.29) is 22.9 Å². The van der Waals surface area contributed by atoms with Gasteiger partial charge in [-0.25, -0.2) is 9.98 Å². The number of hydrogen-bond acceptors (Lipinski definition) is 9. The van der Waals surface area contributed by atoms with Crippen molar-refractivity contribution in [3.05, 3.63) is 22.5 Å². The van der Waals surface area contributed by atoms with Crippen molar-refractivity contribution in [3.8, 4) is 30.3 Å². The van der Waals surface area contributed by atoms with Gasteiger partial charge in [-0.2, -0.15) is 26.3 Å². The molecule has 1 aliphatic heterocycles. The molecule has 0 saturated heterocycles. The molecule has 4 atom stereocenters. The topological polar surface area (TPSA) is 180 Å². The third kappa shape index (κ3) is 3.89. The van der Waals surface area contributed by atoms with Crippen LogP contribution < -0.4 is 0 Å². The van der Waals surface area contributed by atoms with E-state index in [2.05, 4.69) is 21.0 Å². The summed E-state index contributed by atoms with van der Waals surface area (Å²) in [4.78, 5) is 13.3. The number of nitriles is 5. The summed E-state index contributed by atoms with van der Waals surface area (Å²) >= 11 is 0. The zero-order chi connectivity index (χ0) is 23.3. The smallest absolute Gasteiger partial charge is 0.176 e. The molecule has 31 heavy (non-hydrogen) atoms. The van der Waals surface area contributed by atoms with E-state index in [0.717, 1.165) is 0 Å². The van der Waals surface area contributed by atoms with E-state index in [1.807, 2.05) is 26.0 Å². The van der Waals surface area contributed by atoms with Crippen LogP contribution in [0.5, 0.6) is 0 Å². The van der Waals surface area contributed by atoms with Crippen molar-refractivity contribution in [2.45, 2.75) is 33.7 Å². The van der Waals surface area contributed by atoms with E-state index in [9.17, 15) is 21.0 Å². The van der Waals surface area contributed by atoms with Crippen LogP contribution in [0.2, 0.25) is 0 Å². The lowest BCUT2D eigenvalue weighted by molar-refractivity contribution is 0.255. The summed E-state index contributed by atoms with van der Waals surface area (Å²) in [5, 5.41) is 55.4. The van der Waals surface area contributed by atoms with Gasteiger partial charge in [0.2, 0.25) is 0 Å². The Morgan fingerprint density at radius 3 is 2.26 bits per heavy atom. The summed E-state index contributed by atoms with van der Waals surface area (Å²) in [6.07, 6.45) is 1.59. The lowest BCUT2D eigenvalue weighted by Crippen LogP contribution is -2.43. The van der Waals surface area contributed by atoms with E-state index in [0.29, 0.717) is 11.3 Å². The summed E-state index contributed by atoms with van der Waals surface area (Å²) < 4.78 is 0. The number of rotatable bonds is 4. The fourth-order valence-electron chi connectivity index (χ4n) is 4.09. The quantitative estimate of drug-likeness (QED) is 0.699. The van der Waals surface area contributed by atoms with Crippen molar-refractivity contribution in [1.82, 2.24) is 0 Å². The molecule has 0 fully saturated rings. The van der Waals surface area contributed by atoms with Gasteiger partial charge in [-0.05, 0) is 31.6 Å². The molecule has 1 N–H and O–H groups in total. The summed E-state index contributed by atoms with van der Waals surface area (Å²) in [6.45, 7) is 7.21. The third-order valence-electron chi connectivity index (χ3n) is 5.39. The SMILES string of the molecule is CC=NC1C2C(C)=C(C#N)C(C#N)=NC2=C(N=C(C#N)C(=N)C#N)C(C(C)C)C1C#N. The number of hydrogen-bond donors (Lipinski definition) is 1. The minimum Gasteiger partial charge on any atom is -0.292 e. The van der Waals surface area contributed by atoms with Gasteiger partial charge in [-0.1, -0.05) is 13.8 Å². The fraction of sp³-hybridized carbons (Fsp3) is 0.409. The molecule has 0 saturated carbocycles. The predicted octanol–water partition coefficient (Wildman–Crippen LogP) is 3.03. The Bertz CT molecular complexity index is 1170. The van der Waals surface area contributed by atoms with Crippen LogP contribution in [-0.2, 0) is 0 Å². The van der Waals surface area contributed by atoms with Crippen LogP contribution in [-0.4, -0.2) is 29.4 Å². The van der Waals surface area contributed by atoms with Gasteiger partial charge in [0.15, 0.2) is 17.1 Å². The second-order valence-electron chi connectivity index (χ2n) is 7.37.